The Balaban J connectivity index is 1.36. The fraction of sp³-hybridized carbons (Fsp3) is 0.605. The highest BCUT2D eigenvalue weighted by Gasteiger charge is 2.64. The number of ether oxygens (including phenoxy) is 5. The minimum absolute atomic E-state index is 0.0310. The van der Waals surface area contributed by atoms with Crippen LogP contribution in [0.2, 0.25) is 5.02 Å². The Hall–Kier alpha value is -4.69. The number of nitrogens with one attached hydrogen (secondary N) is 1. The Morgan fingerprint density at radius 3 is 2.52 bits per heavy atom. The van der Waals surface area contributed by atoms with Gasteiger partial charge in [0.25, 0.3) is 0 Å². The normalized spacial score (nSPS) is 30.6. The van der Waals surface area contributed by atoms with Crippen molar-refractivity contribution in [1.29, 1.82) is 0 Å². The maximum absolute atomic E-state index is 14.3. The zero-order valence-corrected chi connectivity index (χ0v) is 38.4. The number of amides is 6. The van der Waals surface area contributed by atoms with Crippen molar-refractivity contribution in [2.75, 3.05) is 45.5 Å². The largest absolute Gasteiger partial charge is 0.495 e. The zero-order valence-electron chi connectivity index (χ0n) is 36.8. The Kier molecular flexibility index (Phi) is 16.0. The Bertz CT molecular complexity index is 2030. The molecule has 0 aromatic heterocycles. The van der Waals surface area contributed by atoms with Gasteiger partial charge in [-0.3, -0.25) is 34.2 Å². The van der Waals surface area contributed by atoms with Crippen LogP contribution in [0.25, 0.3) is 0 Å². The summed E-state index contributed by atoms with van der Waals surface area (Å²) in [6.45, 7) is 6.90. The number of benzene rings is 1. The fourth-order valence-corrected chi connectivity index (χ4v) is 9.53. The lowest BCUT2D eigenvalue weighted by molar-refractivity contribution is -0.162. The molecule has 9 atom stereocenters. The summed E-state index contributed by atoms with van der Waals surface area (Å²) in [6.07, 6.45) is 0.622. The van der Waals surface area contributed by atoms with Crippen LogP contribution >= 0.6 is 23.4 Å². The molecule has 0 saturated carbocycles. The standard InChI is InChI=1S/C43H58ClN5O13S/c1-23-11-9-12-31(59-8)43(57)22-29(60-41(56)46-43)24(2)38-42(4,62-38)32(21-35(52)48(6)27-18-26(17-23)19-28(58-7)37(27)44)61-40(55)25(3)47(5)34(51)14-16-63-30-20-36(53)49(39(30)54)15-10-13-33(45)50/h9,11-12,18-19,24-25,29-32,38,57H,10,13-17,20-22H2,1-8H3,(H2,45,50)(H,46,56)/b12-9+,23-11+/t24-,25+,29+,30?,31-,32+,38+,42+,43+/m1/s1. The van der Waals surface area contributed by atoms with Crippen LogP contribution in [0, 0.1) is 5.92 Å². The summed E-state index contributed by atoms with van der Waals surface area (Å²) in [4.78, 5) is 94.6. The van der Waals surface area contributed by atoms with E-state index in [2.05, 4.69) is 5.32 Å². The number of allylic oxidation sites excluding steroid dienone is 3. The van der Waals surface area contributed by atoms with Crippen LogP contribution < -0.4 is 20.7 Å². The van der Waals surface area contributed by atoms with Crippen molar-refractivity contribution >= 4 is 70.6 Å². The molecule has 4 aliphatic rings. The molecule has 63 heavy (non-hydrogen) atoms. The molecule has 3 fully saturated rings. The number of rotatable bonds is 13. The van der Waals surface area contributed by atoms with Crippen molar-refractivity contribution in [3.05, 3.63) is 46.5 Å². The van der Waals surface area contributed by atoms with E-state index in [0.717, 1.165) is 27.8 Å². The number of halogens is 1. The van der Waals surface area contributed by atoms with Crippen molar-refractivity contribution in [2.45, 2.75) is 120 Å². The second-order valence-electron chi connectivity index (χ2n) is 16.7. The van der Waals surface area contributed by atoms with Gasteiger partial charge in [0.15, 0.2) is 5.72 Å². The van der Waals surface area contributed by atoms with Crippen LogP contribution in [0.4, 0.5) is 10.5 Å². The van der Waals surface area contributed by atoms with Gasteiger partial charge >= 0.3 is 12.1 Å². The van der Waals surface area contributed by atoms with E-state index in [1.807, 2.05) is 13.0 Å². The number of nitrogens with two attached hydrogens (primary N) is 1. The molecule has 5 rings (SSSR count). The molecule has 4 bridgehead atoms. The summed E-state index contributed by atoms with van der Waals surface area (Å²) < 4.78 is 29.3. The third kappa shape index (κ3) is 11.3. The van der Waals surface area contributed by atoms with Crippen LogP contribution in [-0.4, -0.2) is 144 Å². The number of primary amides is 1. The number of epoxide rings is 1. The highest BCUT2D eigenvalue weighted by molar-refractivity contribution is 8.00. The lowest BCUT2D eigenvalue weighted by atomic mass is 9.83. The number of esters is 1. The van der Waals surface area contributed by atoms with Crippen molar-refractivity contribution in [2.24, 2.45) is 11.7 Å². The fourth-order valence-electron chi connectivity index (χ4n) is 8.11. The second kappa shape index (κ2) is 20.4. The maximum Gasteiger partial charge on any atom is 0.409 e. The monoisotopic (exact) mass is 919 g/mol. The van der Waals surface area contributed by atoms with E-state index in [4.69, 9.17) is 41.0 Å². The van der Waals surface area contributed by atoms with E-state index in [0.29, 0.717) is 17.9 Å². The van der Waals surface area contributed by atoms with E-state index in [1.54, 1.807) is 45.2 Å². The Morgan fingerprint density at radius 1 is 1.14 bits per heavy atom. The third-order valence-corrected chi connectivity index (χ3v) is 13.8. The number of carbonyl (C=O) groups excluding carboxylic acids is 7. The van der Waals surface area contributed by atoms with Gasteiger partial charge in [-0.2, -0.15) is 0 Å². The first-order chi connectivity index (χ1) is 29.6. The quantitative estimate of drug-likeness (QED) is 0.147. The number of thioether (sulfide) groups is 1. The number of likely N-dealkylation sites (N-methyl/N-ethyl adjacent to an activating group) is 1. The number of aliphatic hydroxyl groups is 1. The number of imide groups is 1. The first-order valence-corrected chi connectivity index (χ1v) is 22.2. The van der Waals surface area contributed by atoms with E-state index in [1.165, 1.54) is 38.0 Å². The van der Waals surface area contributed by atoms with Gasteiger partial charge in [0.2, 0.25) is 29.5 Å². The van der Waals surface area contributed by atoms with Crippen LogP contribution in [0.3, 0.4) is 0 Å². The Morgan fingerprint density at radius 2 is 1.86 bits per heavy atom. The third-order valence-electron chi connectivity index (χ3n) is 12.2. The minimum atomic E-state index is -1.87. The summed E-state index contributed by atoms with van der Waals surface area (Å²) in [6, 6.07) is 2.39. The number of nitrogens with zero attached hydrogens (tertiary/aromatic N) is 3. The van der Waals surface area contributed by atoms with Crippen molar-refractivity contribution < 1.29 is 62.4 Å². The molecule has 4 aliphatic heterocycles. The SMILES string of the molecule is COc1cc2cc(c1Cl)N(C)C(=O)C[C@H](OC(=O)[C@H](C)N(C)C(=O)CCSC1CC(=O)N(CCCC(N)=O)C1=O)[C@]1(C)O[C@H]1[C@H](C)[C@@H]1C[C@@](O)(NC(=O)O1)[C@H](OC)/C=C/C=C(\C)C2. The number of alkyl carbamates (subject to hydrolysis) is 1. The molecule has 3 saturated heterocycles. The summed E-state index contributed by atoms with van der Waals surface area (Å²) in [5.41, 5.74) is 4.01. The van der Waals surface area contributed by atoms with E-state index >= 15 is 0 Å². The number of methoxy groups -OCH3 is 2. The first-order valence-electron chi connectivity index (χ1n) is 20.7. The highest BCUT2D eigenvalue weighted by atomic mass is 35.5. The average molecular weight is 920 g/mol. The van der Waals surface area contributed by atoms with Crippen LogP contribution in [0.15, 0.2) is 35.9 Å². The second-order valence-corrected chi connectivity index (χ2v) is 18.4. The molecule has 20 heteroatoms. The lowest BCUT2D eigenvalue weighted by Gasteiger charge is -2.42. The molecule has 0 aliphatic carbocycles. The number of carbonyl (C=O) groups is 7. The molecule has 4 N–H and O–H groups in total. The summed E-state index contributed by atoms with van der Waals surface area (Å²) in [7, 11) is 5.85. The van der Waals surface area contributed by atoms with Gasteiger partial charge in [-0.05, 0) is 51.3 Å². The van der Waals surface area contributed by atoms with Crippen LogP contribution in [-0.2, 0) is 54.1 Å². The Labute approximate surface area is 376 Å². The molecule has 1 aromatic carbocycles. The van der Waals surface area contributed by atoms with Gasteiger partial charge in [0.1, 0.15) is 40.7 Å². The number of anilines is 1. The lowest BCUT2D eigenvalue weighted by Crippen LogP contribution is -2.63. The number of hydrogen-bond acceptors (Lipinski definition) is 14. The molecule has 0 spiro atoms. The first kappa shape index (κ1) is 49.3. The average Bonchev–Trinajstić information content (AvgIpc) is 3.85. The predicted molar refractivity (Wildman–Crippen MR) is 232 cm³/mol. The zero-order chi connectivity index (χ0) is 46.6. The molecular formula is C43H58ClN5O13S. The molecule has 1 aromatic rings. The summed E-state index contributed by atoms with van der Waals surface area (Å²) >= 11 is 7.94. The molecule has 346 valence electrons. The topological polar surface area (TPSA) is 237 Å². The van der Waals surface area contributed by atoms with Crippen molar-refractivity contribution in [3.8, 4) is 5.75 Å². The summed E-state index contributed by atoms with van der Waals surface area (Å²) in [5, 5.41) is 13.8. The summed E-state index contributed by atoms with van der Waals surface area (Å²) in [5.74, 6) is -3.11. The highest BCUT2D eigenvalue weighted by Crippen LogP contribution is 2.49. The smallest absolute Gasteiger partial charge is 0.409 e. The molecule has 4 heterocycles. The van der Waals surface area contributed by atoms with Gasteiger partial charge in [-0.25, -0.2) is 9.59 Å². The van der Waals surface area contributed by atoms with Crippen LogP contribution in [0.5, 0.6) is 5.75 Å². The van der Waals surface area contributed by atoms with Crippen molar-refractivity contribution in [3.63, 3.8) is 0 Å². The molecule has 18 nitrogen and oxygen atoms in total. The van der Waals surface area contributed by atoms with E-state index in [-0.39, 0.29) is 61.8 Å². The molecule has 1 unspecified atom stereocenters. The van der Waals surface area contributed by atoms with E-state index in [9.17, 15) is 38.7 Å². The van der Waals surface area contributed by atoms with Crippen molar-refractivity contribution in [1.82, 2.24) is 15.1 Å². The van der Waals surface area contributed by atoms with Gasteiger partial charge in [0, 0.05) is 65.1 Å². The molecular weight excluding hydrogens is 862 g/mol. The van der Waals surface area contributed by atoms with E-state index < -0.39 is 88.6 Å². The number of hydrogen-bond donors (Lipinski definition) is 3. The van der Waals surface area contributed by atoms with Gasteiger partial charge < -0.3 is 44.3 Å². The van der Waals surface area contributed by atoms with Gasteiger partial charge in [-0.1, -0.05) is 42.3 Å². The predicted octanol–water partition coefficient (Wildman–Crippen LogP) is 3.03. The number of fused-ring (bicyclic) bond motifs is 5. The minimum Gasteiger partial charge on any atom is -0.495 e. The molecule has 6 amide bonds. The van der Waals surface area contributed by atoms with Crippen LogP contribution in [0.1, 0.15) is 71.8 Å². The van der Waals surface area contributed by atoms with Gasteiger partial charge in [-0.15, -0.1) is 11.8 Å². The number of likely N-dealkylation sites (tertiary alicyclic amines) is 1. The molecule has 0 radical (unpaired) electrons. The maximum atomic E-state index is 14.3. The van der Waals surface area contributed by atoms with Gasteiger partial charge in [0.05, 0.1) is 30.6 Å².